The van der Waals surface area contributed by atoms with Crippen molar-refractivity contribution in [3.63, 3.8) is 0 Å². The number of amides is 2. The molecule has 1 aliphatic heterocycles. The van der Waals surface area contributed by atoms with E-state index in [1.807, 2.05) is 0 Å². The third-order valence-electron chi connectivity index (χ3n) is 3.78. The summed E-state index contributed by atoms with van der Waals surface area (Å²) in [6.45, 7) is 0. The number of rotatable bonds is 4. The second-order valence-corrected chi connectivity index (χ2v) is 6.19. The molecule has 0 radical (unpaired) electrons. The molecule has 8 heteroatoms. The van der Waals surface area contributed by atoms with Gasteiger partial charge in [-0.3, -0.25) is 9.59 Å². The average Bonchev–Trinajstić information content (AvgIpc) is 2.85. The Morgan fingerprint density at radius 3 is 2.44 bits per heavy atom. The SMILES string of the molecule is O=C([O-])c1ccc(N[C@@H]2CC(=O)N(c3cccc(Cl)c3Cl)C2=O)cc1. The van der Waals surface area contributed by atoms with Crippen molar-refractivity contribution >= 4 is 52.4 Å². The summed E-state index contributed by atoms with van der Waals surface area (Å²) < 4.78 is 0. The van der Waals surface area contributed by atoms with Crippen molar-refractivity contribution in [2.45, 2.75) is 12.5 Å². The summed E-state index contributed by atoms with van der Waals surface area (Å²) in [6.07, 6.45) is -0.0517. The highest BCUT2D eigenvalue weighted by Gasteiger charge is 2.40. The minimum atomic E-state index is -1.29. The number of carbonyl (C=O) groups is 3. The number of anilines is 2. The molecule has 0 unspecified atom stereocenters. The molecule has 1 fully saturated rings. The van der Waals surface area contributed by atoms with E-state index in [4.69, 9.17) is 23.2 Å². The fourth-order valence-corrected chi connectivity index (χ4v) is 2.95. The van der Waals surface area contributed by atoms with E-state index in [0.29, 0.717) is 5.69 Å². The monoisotopic (exact) mass is 377 g/mol. The number of carboxylic acid groups (broad SMARTS) is 1. The van der Waals surface area contributed by atoms with E-state index < -0.39 is 23.8 Å². The number of carbonyl (C=O) groups excluding carboxylic acids is 3. The first-order chi connectivity index (χ1) is 11.9. The standard InChI is InChI=1S/C17H12Cl2N2O4/c18-11-2-1-3-13(15(11)19)21-14(22)8-12(16(21)23)20-10-6-4-9(5-7-10)17(24)25/h1-7,12,20H,8H2,(H,24,25)/p-1/t12-/m1/s1. The molecule has 1 aliphatic rings. The lowest BCUT2D eigenvalue weighted by Crippen LogP contribution is -2.35. The molecule has 1 saturated heterocycles. The highest BCUT2D eigenvalue weighted by atomic mass is 35.5. The zero-order valence-electron chi connectivity index (χ0n) is 12.7. The number of aromatic carboxylic acids is 1. The highest BCUT2D eigenvalue weighted by molar-refractivity contribution is 6.45. The molecule has 2 aromatic carbocycles. The number of imide groups is 1. The molecule has 0 saturated carbocycles. The van der Waals surface area contributed by atoms with Crippen LogP contribution in [0.15, 0.2) is 42.5 Å². The van der Waals surface area contributed by atoms with E-state index in [2.05, 4.69) is 5.32 Å². The van der Waals surface area contributed by atoms with Gasteiger partial charge in [-0.2, -0.15) is 0 Å². The van der Waals surface area contributed by atoms with Gasteiger partial charge in [-0.15, -0.1) is 0 Å². The molecule has 0 spiro atoms. The molecule has 0 bridgehead atoms. The van der Waals surface area contributed by atoms with Crippen LogP contribution < -0.4 is 15.3 Å². The van der Waals surface area contributed by atoms with Crippen LogP contribution >= 0.6 is 23.2 Å². The third kappa shape index (κ3) is 3.31. The number of hydrogen-bond acceptors (Lipinski definition) is 5. The molecule has 1 heterocycles. The molecule has 2 aromatic rings. The molecule has 25 heavy (non-hydrogen) atoms. The maximum absolute atomic E-state index is 12.6. The van der Waals surface area contributed by atoms with Crippen molar-refractivity contribution in [3.8, 4) is 0 Å². The molecule has 128 valence electrons. The van der Waals surface area contributed by atoms with Crippen molar-refractivity contribution in [1.29, 1.82) is 0 Å². The quantitative estimate of drug-likeness (QED) is 0.824. The van der Waals surface area contributed by atoms with E-state index in [1.54, 1.807) is 18.2 Å². The largest absolute Gasteiger partial charge is 0.545 e. The van der Waals surface area contributed by atoms with Crippen LogP contribution in [0.2, 0.25) is 10.0 Å². The van der Waals surface area contributed by atoms with E-state index >= 15 is 0 Å². The lowest BCUT2D eigenvalue weighted by Gasteiger charge is -2.18. The number of halogens is 2. The van der Waals surface area contributed by atoms with Crippen molar-refractivity contribution in [3.05, 3.63) is 58.1 Å². The summed E-state index contributed by atoms with van der Waals surface area (Å²) in [6, 6.07) is 9.62. The van der Waals surface area contributed by atoms with Gasteiger partial charge in [0.05, 0.1) is 28.1 Å². The van der Waals surface area contributed by atoms with Crippen molar-refractivity contribution < 1.29 is 19.5 Å². The van der Waals surface area contributed by atoms with E-state index in [9.17, 15) is 19.5 Å². The van der Waals surface area contributed by atoms with E-state index in [1.165, 1.54) is 24.3 Å². The van der Waals surface area contributed by atoms with Gasteiger partial charge < -0.3 is 15.2 Å². The summed E-state index contributed by atoms with van der Waals surface area (Å²) in [4.78, 5) is 36.6. The maximum atomic E-state index is 12.6. The summed E-state index contributed by atoms with van der Waals surface area (Å²) in [5.41, 5.74) is 0.766. The van der Waals surface area contributed by atoms with Crippen LogP contribution in [0.5, 0.6) is 0 Å². The van der Waals surface area contributed by atoms with Crippen LogP contribution in [-0.4, -0.2) is 23.8 Å². The fraction of sp³-hybridized carbons (Fsp3) is 0.118. The Labute approximate surface area is 153 Å². The molecule has 3 rings (SSSR count). The van der Waals surface area contributed by atoms with Crippen molar-refractivity contribution in [2.75, 3.05) is 10.2 Å². The van der Waals surface area contributed by atoms with Gasteiger partial charge in [-0.25, -0.2) is 4.90 Å². The molecular weight excluding hydrogens is 367 g/mol. The van der Waals surface area contributed by atoms with Crippen LogP contribution in [0.4, 0.5) is 11.4 Å². The van der Waals surface area contributed by atoms with Gasteiger partial charge in [0.1, 0.15) is 6.04 Å². The van der Waals surface area contributed by atoms with Gasteiger partial charge in [0, 0.05) is 5.69 Å². The molecule has 0 aromatic heterocycles. The second-order valence-electron chi connectivity index (χ2n) is 5.41. The van der Waals surface area contributed by atoms with Crippen molar-refractivity contribution in [2.24, 2.45) is 0 Å². The minimum Gasteiger partial charge on any atom is -0.545 e. The van der Waals surface area contributed by atoms with Gasteiger partial charge in [0.2, 0.25) is 5.91 Å². The van der Waals surface area contributed by atoms with Gasteiger partial charge in [0.15, 0.2) is 0 Å². The summed E-state index contributed by atoms with van der Waals surface area (Å²) in [7, 11) is 0. The first kappa shape index (κ1) is 17.3. The Morgan fingerprint density at radius 1 is 1.12 bits per heavy atom. The zero-order valence-corrected chi connectivity index (χ0v) is 14.2. The number of nitrogens with one attached hydrogen (secondary N) is 1. The van der Waals surface area contributed by atoms with Crippen LogP contribution in [-0.2, 0) is 9.59 Å². The number of benzene rings is 2. The van der Waals surface area contributed by atoms with Gasteiger partial charge in [-0.1, -0.05) is 41.4 Å². The molecule has 2 amide bonds. The Balaban J connectivity index is 1.81. The predicted molar refractivity (Wildman–Crippen MR) is 91.8 cm³/mol. The molecule has 1 atom stereocenters. The van der Waals surface area contributed by atoms with Gasteiger partial charge >= 0.3 is 0 Å². The smallest absolute Gasteiger partial charge is 0.256 e. The molecular formula is C17H11Cl2N2O4-. The Hall–Kier alpha value is -2.57. The first-order valence-corrected chi connectivity index (χ1v) is 8.03. The molecule has 6 nitrogen and oxygen atoms in total. The number of nitrogens with zero attached hydrogens (tertiary/aromatic N) is 1. The van der Waals surface area contributed by atoms with Crippen LogP contribution in [0.25, 0.3) is 0 Å². The highest BCUT2D eigenvalue weighted by Crippen LogP contribution is 2.35. The third-order valence-corrected chi connectivity index (χ3v) is 4.59. The lowest BCUT2D eigenvalue weighted by molar-refractivity contribution is -0.255. The fourth-order valence-electron chi connectivity index (χ4n) is 2.57. The maximum Gasteiger partial charge on any atom is 0.256 e. The van der Waals surface area contributed by atoms with Crippen LogP contribution in [0.1, 0.15) is 16.8 Å². The second kappa shape index (κ2) is 6.74. The van der Waals surface area contributed by atoms with E-state index in [0.717, 1.165) is 4.90 Å². The van der Waals surface area contributed by atoms with Gasteiger partial charge in [0.25, 0.3) is 5.91 Å². The van der Waals surface area contributed by atoms with Crippen LogP contribution in [0.3, 0.4) is 0 Å². The molecule has 1 N–H and O–H groups in total. The Morgan fingerprint density at radius 2 is 1.80 bits per heavy atom. The Kier molecular flexibility index (Phi) is 4.65. The van der Waals surface area contributed by atoms with Crippen molar-refractivity contribution in [1.82, 2.24) is 0 Å². The minimum absolute atomic E-state index is 0.0201. The topological polar surface area (TPSA) is 89.5 Å². The van der Waals surface area contributed by atoms with E-state index in [-0.39, 0.29) is 27.7 Å². The van der Waals surface area contributed by atoms with Crippen LogP contribution in [0, 0.1) is 0 Å². The average molecular weight is 378 g/mol. The summed E-state index contributed by atoms with van der Waals surface area (Å²) >= 11 is 12.0. The first-order valence-electron chi connectivity index (χ1n) is 7.27. The molecule has 0 aliphatic carbocycles. The predicted octanol–water partition coefficient (Wildman–Crippen LogP) is 2.10. The number of carboxylic acids is 1. The normalized spacial score (nSPS) is 17.0. The lowest BCUT2D eigenvalue weighted by atomic mass is 10.2. The zero-order chi connectivity index (χ0) is 18.1. The summed E-state index contributed by atoms with van der Waals surface area (Å²) in [5.74, 6) is -2.16. The number of hydrogen-bond donors (Lipinski definition) is 1. The Bertz CT molecular complexity index is 867. The van der Waals surface area contributed by atoms with Gasteiger partial charge in [-0.05, 0) is 29.8 Å². The summed E-state index contributed by atoms with van der Waals surface area (Å²) in [5, 5.41) is 14.0.